The van der Waals surface area contributed by atoms with Crippen molar-refractivity contribution >= 4 is 44.1 Å². The van der Waals surface area contributed by atoms with Crippen LogP contribution in [0.3, 0.4) is 0 Å². The van der Waals surface area contributed by atoms with Gasteiger partial charge in [0.15, 0.2) is 0 Å². The van der Waals surface area contributed by atoms with Gasteiger partial charge in [-0.1, -0.05) is 60.7 Å². The average molecular weight is 410 g/mol. The van der Waals surface area contributed by atoms with Crippen LogP contribution in [0.15, 0.2) is 72.8 Å². The second-order valence-electron chi connectivity index (χ2n) is 5.51. The first-order valence-electron chi connectivity index (χ1n) is 7.53. The van der Waals surface area contributed by atoms with Gasteiger partial charge in [-0.2, -0.15) is 0 Å². The highest BCUT2D eigenvalue weighted by molar-refractivity contribution is 14.1. The van der Waals surface area contributed by atoms with Gasteiger partial charge in [-0.25, -0.2) is 0 Å². The summed E-state index contributed by atoms with van der Waals surface area (Å²) in [7, 11) is 1.75. The van der Waals surface area contributed by atoms with Gasteiger partial charge in [-0.05, 0) is 56.6 Å². The molecule has 0 atom stereocenters. The van der Waals surface area contributed by atoms with Crippen LogP contribution >= 0.6 is 22.6 Å². The SMILES string of the molecule is COc1c2ccccc2c(-c2ccc(I)cc2)c2ccccc12. The molecule has 1 nitrogen and oxygen atoms in total. The maximum absolute atomic E-state index is 5.75. The minimum atomic E-state index is 0.950. The molecule has 0 fully saturated rings. The molecule has 0 heterocycles. The smallest absolute Gasteiger partial charge is 0.134 e. The Balaban J connectivity index is 2.22. The van der Waals surface area contributed by atoms with Crippen molar-refractivity contribution in [2.45, 2.75) is 0 Å². The quantitative estimate of drug-likeness (QED) is 0.280. The van der Waals surface area contributed by atoms with Gasteiger partial charge in [-0.3, -0.25) is 0 Å². The lowest BCUT2D eigenvalue weighted by molar-refractivity contribution is 0.424. The van der Waals surface area contributed by atoms with Gasteiger partial charge >= 0.3 is 0 Å². The molecular formula is C21H15IO. The maximum Gasteiger partial charge on any atom is 0.134 e. The van der Waals surface area contributed by atoms with E-state index < -0.39 is 0 Å². The Labute approximate surface area is 149 Å². The fourth-order valence-corrected chi connectivity index (χ4v) is 3.60. The Hall–Kier alpha value is -2.07. The Morgan fingerprint density at radius 3 is 1.61 bits per heavy atom. The Morgan fingerprint density at radius 2 is 1.13 bits per heavy atom. The molecule has 0 saturated carbocycles. The molecule has 0 aromatic heterocycles. The van der Waals surface area contributed by atoms with Crippen molar-refractivity contribution in [3.8, 4) is 16.9 Å². The number of ether oxygens (including phenoxy) is 1. The zero-order chi connectivity index (χ0) is 15.8. The van der Waals surface area contributed by atoms with E-state index in [-0.39, 0.29) is 0 Å². The number of fused-ring (bicyclic) bond motifs is 2. The average Bonchev–Trinajstić information content (AvgIpc) is 2.60. The van der Waals surface area contributed by atoms with Crippen LogP contribution in [0.25, 0.3) is 32.7 Å². The monoisotopic (exact) mass is 410 g/mol. The first-order valence-corrected chi connectivity index (χ1v) is 8.61. The lowest BCUT2D eigenvalue weighted by Crippen LogP contribution is -1.91. The summed E-state index contributed by atoms with van der Waals surface area (Å²) in [6.45, 7) is 0. The minimum Gasteiger partial charge on any atom is -0.495 e. The van der Waals surface area contributed by atoms with Crippen LogP contribution in [-0.4, -0.2) is 7.11 Å². The molecule has 4 aromatic rings. The van der Waals surface area contributed by atoms with Crippen LogP contribution in [0, 0.1) is 3.57 Å². The number of hydrogen-bond donors (Lipinski definition) is 0. The third-order valence-electron chi connectivity index (χ3n) is 4.22. The van der Waals surface area contributed by atoms with Crippen LogP contribution in [0.2, 0.25) is 0 Å². The van der Waals surface area contributed by atoms with Crippen LogP contribution in [0.5, 0.6) is 5.75 Å². The molecular weight excluding hydrogens is 395 g/mol. The second kappa shape index (κ2) is 5.85. The standard InChI is InChI=1S/C21H15IO/c1-23-21-18-8-4-2-6-16(18)20(14-10-12-15(22)13-11-14)17-7-3-5-9-19(17)21/h2-13H,1H3. The van der Waals surface area contributed by atoms with Gasteiger partial charge in [0.25, 0.3) is 0 Å². The molecule has 4 aromatic carbocycles. The highest BCUT2D eigenvalue weighted by Gasteiger charge is 2.14. The molecule has 0 radical (unpaired) electrons. The third kappa shape index (κ3) is 2.38. The zero-order valence-corrected chi connectivity index (χ0v) is 14.9. The number of methoxy groups -OCH3 is 1. The molecule has 4 rings (SSSR count). The van der Waals surface area contributed by atoms with Crippen LogP contribution in [-0.2, 0) is 0 Å². The van der Waals surface area contributed by atoms with E-state index in [0.29, 0.717) is 0 Å². The van der Waals surface area contributed by atoms with E-state index in [1.807, 2.05) is 0 Å². The maximum atomic E-state index is 5.75. The second-order valence-corrected chi connectivity index (χ2v) is 6.75. The van der Waals surface area contributed by atoms with Gasteiger partial charge in [-0.15, -0.1) is 0 Å². The molecule has 23 heavy (non-hydrogen) atoms. The van der Waals surface area contributed by atoms with Crippen molar-refractivity contribution < 1.29 is 4.74 Å². The fourth-order valence-electron chi connectivity index (χ4n) is 3.24. The van der Waals surface area contributed by atoms with Crippen molar-refractivity contribution in [2.24, 2.45) is 0 Å². The zero-order valence-electron chi connectivity index (χ0n) is 12.7. The van der Waals surface area contributed by atoms with Gasteiger partial charge in [0.05, 0.1) is 7.11 Å². The molecule has 0 bridgehead atoms. The number of halogens is 1. The van der Waals surface area contributed by atoms with E-state index in [0.717, 1.165) is 16.5 Å². The summed E-state index contributed by atoms with van der Waals surface area (Å²) in [5.74, 6) is 0.950. The summed E-state index contributed by atoms with van der Waals surface area (Å²) < 4.78 is 6.99. The molecule has 0 unspecified atom stereocenters. The van der Waals surface area contributed by atoms with Gasteiger partial charge < -0.3 is 4.74 Å². The molecule has 2 heteroatoms. The molecule has 0 aliphatic carbocycles. The molecule has 0 spiro atoms. The fraction of sp³-hybridized carbons (Fsp3) is 0.0476. The van der Waals surface area contributed by atoms with Gasteiger partial charge in [0.1, 0.15) is 5.75 Å². The van der Waals surface area contributed by atoms with Crippen molar-refractivity contribution in [1.29, 1.82) is 0 Å². The van der Waals surface area contributed by atoms with E-state index >= 15 is 0 Å². The van der Waals surface area contributed by atoms with E-state index in [4.69, 9.17) is 4.74 Å². The highest BCUT2D eigenvalue weighted by Crippen LogP contribution is 2.42. The highest BCUT2D eigenvalue weighted by atomic mass is 127. The summed E-state index contributed by atoms with van der Waals surface area (Å²) >= 11 is 2.34. The summed E-state index contributed by atoms with van der Waals surface area (Å²) in [5.41, 5.74) is 2.51. The van der Waals surface area contributed by atoms with Crippen molar-refractivity contribution in [2.75, 3.05) is 7.11 Å². The van der Waals surface area contributed by atoms with Crippen molar-refractivity contribution in [1.82, 2.24) is 0 Å². The van der Waals surface area contributed by atoms with Crippen LogP contribution in [0.4, 0.5) is 0 Å². The topological polar surface area (TPSA) is 9.23 Å². The van der Waals surface area contributed by atoms with Crippen LogP contribution in [0.1, 0.15) is 0 Å². The first-order chi connectivity index (χ1) is 11.3. The lowest BCUT2D eigenvalue weighted by Gasteiger charge is -2.16. The summed E-state index contributed by atoms with van der Waals surface area (Å²) in [6, 6.07) is 25.6. The molecule has 0 amide bonds. The third-order valence-corrected chi connectivity index (χ3v) is 4.94. The Kier molecular flexibility index (Phi) is 3.69. The molecule has 112 valence electrons. The van der Waals surface area contributed by atoms with Crippen LogP contribution < -0.4 is 4.74 Å². The molecule has 0 saturated heterocycles. The minimum absolute atomic E-state index is 0.950. The van der Waals surface area contributed by atoms with E-state index in [2.05, 4.69) is 95.4 Å². The summed E-state index contributed by atoms with van der Waals surface area (Å²) in [5, 5.41) is 4.76. The molecule has 0 aliphatic rings. The predicted molar refractivity (Wildman–Crippen MR) is 106 cm³/mol. The van der Waals surface area contributed by atoms with Gasteiger partial charge in [0.2, 0.25) is 0 Å². The first kappa shape index (κ1) is 14.5. The molecule has 0 aliphatic heterocycles. The summed E-state index contributed by atoms with van der Waals surface area (Å²) in [4.78, 5) is 0. The van der Waals surface area contributed by atoms with Crippen molar-refractivity contribution in [3.63, 3.8) is 0 Å². The van der Waals surface area contributed by atoms with E-state index in [1.54, 1.807) is 7.11 Å². The molecule has 0 N–H and O–H groups in total. The van der Waals surface area contributed by atoms with Gasteiger partial charge in [0, 0.05) is 14.3 Å². The number of rotatable bonds is 2. The summed E-state index contributed by atoms with van der Waals surface area (Å²) in [6.07, 6.45) is 0. The Bertz CT molecular complexity index is 946. The normalized spacial score (nSPS) is 11.0. The van der Waals surface area contributed by atoms with Crippen molar-refractivity contribution in [3.05, 3.63) is 76.4 Å². The lowest BCUT2D eigenvalue weighted by atomic mass is 9.91. The van der Waals surface area contributed by atoms with E-state index in [9.17, 15) is 0 Å². The Morgan fingerprint density at radius 1 is 0.652 bits per heavy atom. The van der Waals surface area contributed by atoms with E-state index in [1.165, 1.54) is 25.5 Å². The largest absolute Gasteiger partial charge is 0.495 e. The predicted octanol–water partition coefficient (Wildman–Crippen LogP) is 6.27. The number of benzene rings is 4. The number of hydrogen-bond acceptors (Lipinski definition) is 1.